The van der Waals surface area contributed by atoms with Gasteiger partial charge in [0.2, 0.25) is 0 Å². The van der Waals surface area contributed by atoms with Gasteiger partial charge in [0.1, 0.15) is 11.6 Å². The second-order valence-electron chi connectivity index (χ2n) is 9.80. The van der Waals surface area contributed by atoms with E-state index >= 15 is 0 Å². The summed E-state index contributed by atoms with van der Waals surface area (Å²) in [6.07, 6.45) is 10.1. The Morgan fingerprint density at radius 1 is 1.12 bits per heavy atom. The summed E-state index contributed by atoms with van der Waals surface area (Å²) >= 11 is 0. The highest BCUT2D eigenvalue weighted by Gasteiger charge is 2.40. The average Bonchev–Trinajstić information content (AvgIpc) is 3.41. The average molecular weight is 443 g/mol. The number of benzene rings is 1. The second kappa shape index (κ2) is 9.48. The third-order valence-electron chi connectivity index (χ3n) is 7.73. The van der Waals surface area contributed by atoms with Gasteiger partial charge in [0.05, 0.1) is 12.7 Å². The lowest BCUT2D eigenvalue weighted by atomic mass is 9.99. The van der Waals surface area contributed by atoms with Gasteiger partial charge in [-0.3, -0.25) is 9.47 Å². The van der Waals surface area contributed by atoms with Gasteiger partial charge >= 0.3 is 5.69 Å². The topological polar surface area (TPSA) is 52.3 Å². The summed E-state index contributed by atoms with van der Waals surface area (Å²) in [5.74, 6) is 0.801. The molecule has 2 aromatic rings. The molecule has 7 heteroatoms. The standard InChI is InChI=1S/C25H35FN4O2/c1-18-7-5-8-23(26)22(18)17-32-21-15-19-10-11-20(16-21)28(19)12-3-2-4-14-30-25(31)29-13-6-9-24(29)27-30/h5,7-8,19-21H,2-4,6,9-17H2,1H3. The normalized spacial score (nSPS) is 24.9. The highest BCUT2D eigenvalue weighted by molar-refractivity contribution is 5.26. The van der Waals surface area contributed by atoms with Crippen molar-refractivity contribution in [3.05, 3.63) is 51.5 Å². The minimum Gasteiger partial charge on any atom is -0.373 e. The van der Waals surface area contributed by atoms with Gasteiger partial charge in [-0.05, 0) is 70.0 Å². The fraction of sp³-hybridized carbons (Fsp3) is 0.680. The molecule has 2 saturated heterocycles. The van der Waals surface area contributed by atoms with E-state index in [1.807, 2.05) is 17.6 Å². The molecule has 0 N–H and O–H groups in total. The van der Waals surface area contributed by atoms with E-state index in [4.69, 9.17) is 4.74 Å². The number of fused-ring (bicyclic) bond motifs is 3. The largest absolute Gasteiger partial charge is 0.373 e. The monoisotopic (exact) mass is 442 g/mol. The van der Waals surface area contributed by atoms with Crippen LogP contribution in [0, 0.1) is 12.7 Å². The summed E-state index contributed by atoms with van der Waals surface area (Å²) in [4.78, 5) is 15.0. The van der Waals surface area contributed by atoms with Crippen molar-refractivity contribution in [2.24, 2.45) is 0 Å². The number of piperidine rings is 1. The van der Waals surface area contributed by atoms with Gasteiger partial charge in [-0.2, -0.15) is 5.10 Å². The molecule has 2 bridgehead atoms. The number of nitrogens with zero attached hydrogens (tertiary/aromatic N) is 4. The van der Waals surface area contributed by atoms with Gasteiger partial charge in [0.15, 0.2) is 0 Å². The van der Waals surface area contributed by atoms with Crippen LogP contribution in [0.1, 0.15) is 68.3 Å². The van der Waals surface area contributed by atoms with Crippen molar-refractivity contribution in [1.82, 2.24) is 19.2 Å². The fourth-order valence-corrected chi connectivity index (χ4v) is 5.95. The van der Waals surface area contributed by atoms with Crippen LogP contribution in [-0.4, -0.2) is 44.0 Å². The Morgan fingerprint density at radius 2 is 1.91 bits per heavy atom. The van der Waals surface area contributed by atoms with Gasteiger partial charge in [0.25, 0.3) is 0 Å². The molecular weight excluding hydrogens is 407 g/mol. The highest BCUT2D eigenvalue weighted by atomic mass is 19.1. The Kier molecular flexibility index (Phi) is 6.47. The first kappa shape index (κ1) is 21.8. The minimum absolute atomic E-state index is 0.0724. The summed E-state index contributed by atoms with van der Waals surface area (Å²) in [5.41, 5.74) is 1.74. The molecule has 5 rings (SSSR count). The van der Waals surface area contributed by atoms with Crippen molar-refractivity contribution in [1.29, 1.82) is 0 Å². The van der Waals surface area contributed by atoms with Crippen LogP contribution in [0.15, 0.2) is 23.0 Å². The molecule has 2 unspecified atom stereocenters. The van der Waals surface area contributed by atoms with Crippen LogP contribution in [0.25, 0.3) is 0 Å². The van der Waals surface area contributed by atoms with Crippen LogP contribution in [0.3, 0.4) is 0 Å². The molecule has 4 heterocycles. The van der Waals surface area contributed by atoms with E-state index in [1.165, 1.54) is 18.9 Å². The maximum absolute atomic E-state index is 14.1. The first-order valence-electron chi connectivity index (χ1n) is 12.4. The smallest absolute Gasteiger partial charge is 0.345 e. The van der Waals surface area contributed by atoms with Crippen LogP contribution >= 0.6 is 0 Å². The number of rotatable bonds is 9. The van der Waals surface area contributed by atoms with E-state index in [0.717, 1.165) is 76.0 Å². The zero-order chi connectivity index (χ0) is 22.1. The molecule has 1 aromatic heterocycles. The number of halogens is 1. The molecule has 1 aromatic carbocycles. The summed E-state index contributed by atoms with van der Waals surface area (Å²) in [7, 11) is 0. The van der Waals surface area contributed by atoms with Crippen molar-refractivity contribution in [2.75, 3.05) is 6.54 Å². The fourth-order valence-electron chi connectivity index (χ4n) is 5.95. The Labute approximate surface area is 189 Å². The SMILES string of the molecule is Cc1cccc(F)c1COC1CC2CCC(C1)N2CCCCCn1nc2n(c1=O)CCC2. The Balaban J connectivity index is 1.05. The zero-order valence-corrected chi connectivity index (χ0v) is 19.1. The van der Waals surface area contributed by atoms with Crippen LogP contribution in [0.5, 0.6) is 0 Å². The molecule has 32 heavy (non-hydrogen) atoms. The Bertz CT molecular complexity index is 966. The first-order chi connectivity index (χ1) is 15.6. The second-order valence-corrected chi connectivity index (χ2v) is 9.80. The van der Waals surface area contributed by atoms with E-state index in [1.54, 1.807) is 10.7 Å². The molecule has 3 aliphatic rings. The van der Waals surface area contributed by atoms with Gasteiger partial charge in [-0.15, -0.1) is 0 Å². The zero-order valence-electron chi connectivity index (χ0n) is 19.1. The van der Waals surface area contributed by atoms with E-state index < -0.39 is 0 Å². The molecule has 0 saturated carbocycles. The molecule has 2 fully saturated rings. The van der Waals surface area contributed by atoms with E-state index in [2.05, 4.69) is 10.00 Å². The number of unbranched alkanes of at least 4 members (excludes halogenated alkanes) is 2. The van der Waals surface area contributed by atoms with Crippen molar-refractivity contribution in [2.45, 2.75) is 103 Å². The molecule has 0 amide bonds. The van der Waals surface area contributed by atoms with Crippen LogP contribution < -0.4 is 5.69 Å². The van der Waals surface area contributed by atoms with Gasteiger partial charge < -0.3 is 4.74 Å². The summed E-state index contributed by atoms with van der Waals surface area (Å²) in [6, 6.07) is 6.42. The molecular formula is C25H35FN4O2. The lowest BCUT2D eigenvalue weighted by Crippen LogP contribution is -2.45. The first-order valence-corrected chi connectivity index (χ1v) is 12.4. The molecule has 6 nitrogen and oxygen atoms in total. The van der Waals surface area contributed by atoms with E-state index in [-0.39, 0.29) is 17.6 Å². The molecule has 2 atom stereocenters. The van der Waals surface area contributed by atoms with Crippen molar-refractivity contribution < 1.29 is 9.13 Å². The van der Waals surface area contributed by atoms with Gasteiger partial charge in [0, 0.05) is 37.2 Å². The third kappa shape index (κ3) is 4.42. The summed E-state index contributed by atoms with van der Waals surface area (Å²) in [5, 5.41) is 4.49. The summed E-state index contributed by atoms with van der Waals surface area (Å²) < 4.78 is 23.8. The molecule has 0 aliphatic carbocycles. The number of ether oxygens (including phenoxy) is 1. The highest BCUT2D eigenvalue weighted by Crippen LogP contribution is 2.37. The Morgan fingerprint density at radius 3 is 2.66 bits per heavy atom. The van der Waals surface area contributed by atoms with E-state index in [9.17, 15) is 9.18 Å². The van der Waals surface area contributed by atoms with Gasteiger partial charge in [-0.25, -0.2) is 13.9 Å². The lowest BCUT2D eigenvalue weighted by Gasteiger charge is -2.39. The Hall–Kier alpha value is -1.99. The number of hydrogen-bond donors (Lipinski definition) is 0. The molecule has 0 spiro atoms. The molecule has 0 radical (unpaired) electrons. The number of aromatic nitrogens is 3. The number of aryl methyl sites for hydroxylation is 3. The predicted octanol–water partition coefficient (Wildman–Crippen LogP) is 3.82. The summed E-state index contributed by atoms with van der Waals surface area (Å²) in [6.45, 7) is 5.01. The quantitative estimate of drug-likeness (QED) is 0.554. The maximum Gasteiger partial charge on any atom is 0.345 e. The van der Waals surface area contributed by atoms with E-state index in [0.29, 0.717) is 24.3 Å². The maximum atomic E-state index is 14.1. The van der Waals surface area contributed by atoms with Crippen molar-refractivity contribution in [3.63, 3.8) is 0 Å². The van der Waals surface area contributed by atoms with Crippen LogP contribution in [-0.2, 0) is 30.9 Å². The third-order valence-corrected chi connectivity index (χ3v) is 7.73. The molecule has 174 valence electrons. The van der Waals surface area contributed by atoms with Gasteiger partial charge in [-0.1, -0.05) is 18.6 Å². The lowest BCUT2D eigenvalue weighted by molar-refractivity contribution is -0.0293. The number of hydrogen-bond acceptors (Lipinski definition) is 4. The van der Waals surface area contributed by atoms with Crippen LogP contribution in [0.4, 0.5) is 4.39 Å². The van der Waals surface area contributed by atoms with Crippen LogP contribution in [0.2, 0.25) is 0 Å². The van der Waals surface area contributed by atoms with Crippen molar-refractivity contribution >= 4 is 0 Å². The van der Waals surface area contributed by atoms with Crippen molar-refractivity contribution in [3.8, 4) is 0 Å². The predicted molar refractivity (Wildman–Crippen MR) is 121 cm³/mol. The molecule has 3 aliphatic heterocycles. The minimum atomic E-state index is -0.159.